The van der Waals surface area contributed by atoms with E-state index in [2.05, 4.69) is 10.6 Å². The van der Waals surface area contributed by atoms with Gasteiger partial charge in [0, 0.05) is 5.70 Å². The molecule has 1 heterocycles. The molecule has 0 aliphatic carbocycles. The van der Waals surface area contributed by atoms with Crippen LogP contribution in [-0.2, 0) is 9.53 Å². The van der Waals surface area contributed by atoms with Crippen molar-refractivity contribution in [3.05, 3.63) is 41.1 Å². The fraction of sp³-hybridized carbons (Fsp3) is 0.312. The molecule has 0 aromatic heterocycles. The van der Waals surface area contributed by atoms with Gasteiger partial charge in [-0.25, -0.2) is 9.59 Å². The number of hydrogen-bond donors (Lipinski definition) is 2. The molecule has 7 nitrogen and oxygen atoms in total. The number of carbonyl (C=O) groups excluding carboxylic acids is 2. The van der Waals surface area contributed by atoms with Gasteiger partial charge in [-0.1, -0.05) is 12.1 Å². The molecule has 2 rings (SSSR count). The van der Waals surface area contributed by atoms with Gasteiger partial charge in [0.15, 0.2) is 6.61 Å². The van der Waals surface area contributed by atoms with Gasteiger partial charge in [-0.05, 0) is 31.5 Å². The second kappa shape index (κ2) is 7.31. The Labute approximate surface area is 133 Å². The highest BCUT2D eigenvalue weighted by Gasteiger charge is 2.31. The van der Waals surface area contributed by atoms with E-state index >= 15 is 0 Å². The quantitative estimate of drug-likeness (QED) is 0.807. The lowest BCUT2D eigenvalue weighted by Crippen LogP contribution is -2.45. The Kier molecular flexibility index (Phi) is 5.20. The lowest BCUT2D eigenvalue weighted by atomic mass is 9.95. The van der Waals surface area contributed by atoms with Gasteiger partial charge in [0.1, 0.15) is 11.8 Å². The van der Waals surface area contributed by atoms with Gasteiger partial charge in [-0.3, -0.25) is 0 Å². The van der Waals surface area contributed by atoms with E-state index in [1.54, 1.807) is 38.1 Å². The SMILES string of the molecule is CCOC(=O)C1=C(C)NC(=O)NC1c1ccc(OCC#N)cc1. The molecular formula is C16H17N3O4. The van der Waals surface area contributed by atoms with Crippen molar-refractivity contribution >= 4 is 12.0 Å². The summed E-state index contributed by atoms with van der Waals surface area (Å²) in [4.78, 5) is 23.9. The lowest BCUT2D eigenvalue weighted by Gasteiger charge is -2.28. The molecule has 0 saturated carbocycles. The standard InChI is InChI=1S/C16H17N3O4/c1-3-22-15(20)13-10(2)18-16(21)19-14(13)11-4-6-12(7-5-11)23-9-8-17/h4-7,14H,3,9H2,1-2H3,(H2,18,19,21). The van der Waals surface area contributed by atoms with E-state index < -0.39 is 12.0 Å². The molecule has 0 fully saturated rings. The zero-order valence-electron chi connectivity index (χ0n) is 12.9. The molecule has 23 heavy (non-hydrogen) atoms. The fourth-order valence-electron chi connectivity index (χ4n) is 2.30. The van der Waals surface area contributed by atoms with Gasteiger partial charge in [-0.15, -0.1) is 0 Å². The summed E-state index contributed by atoms with van der Waals surface area (Å²) in [6.07, 6.45) is 0. The number of hydrogen-bond acceptors (Lipinski definition) is 5. The van der Waals surface area contributed by atoms with E-state index in [-0.39, 0.29) is 19.2 Å². The number of carbonyl (C=O) groups is 2. The molecule has 1 aromatic carbocycles. The molecule has 0 saturated heterocycles. The minimum Gasteiger partial charge on any atom is -0.479 e. The smallest absolute Gasteiger partial charge is 0.338 e. The summed E-state index contributed by atoms with van der Waals surface area (Å²) >= 11 is 0. The van der Waals surface area contributed by atoms with Crippen molar-refractivity contribution in [2.24, 2.45) is 0 Å². The third kappa shape index (κ3) is 3.80. The van der Waals surface area contributed by atoms with Crippen LogP contribution in [0.4, 0.5) is 4.79 Å². The van der Waals surface area contributed by atoms with E-state index in [0.717, 1.165) is 0 Å². The minimum absolute atomic E-state index is 0.0451. The fourth-order valence-corrected chi connectivity index (χ4v) is 2.30. The van der Waals surface area contributed by atoms with Crippen molar-refractivity contribution < 1.29 is 19.1 Å². The third-order valence-electron chi connectivity index (χ3n) is 3.28. The highest BCUT2D eigenvalue weighted by molar-refractivity contribution is 5.95. The normalized spacial score (nSPS) is 16.9. The largest absolute Gasteiger partial charge is 0.479 e. The molecule has 2 amide bonds. The number of urea groups is 1. The molecule has 1 aromatic rings. The lowest BCUT2D eigenvalue weighted by molar-refractivity contribution is -0.139. The van der Waals surface area contributed by atoms with Crippen molar-refractivity contribution in [3.8, 4) is 11.8 Å². The zero-order valence-corrected chi connectivity index (χ0v) is 12.9. The first-order valence-electron chi connectivity index (χ1n) is 7.12. The van der Waals surface area contributed by atoms with Crippen molar-refractivity contribution in [2.45, 2.75) is 19.9 Å². The van der Waals surface area contributed by atoms with Crippen LogP contribution in [0.1, 0.15) is 25.5 Å². The molecule has 1 aliphatic heterocycles. The number of allylic oxidation sites excluding steroid dienone is 1. The van der Waals surface area contributed by atoms with E-state index in [0.29, 0.717) is 22.6 Å². The Morgan fingerprint density at radius 3 is 2.65 bits per heavy atom. The maximum Gasteiger partial charge on any atom is 0.338 e. The van der Waals surface area contributed by atoms with Crippen LogP contribution in [0.3, 0.4) is 0 Å². The first-order chi connectivity index (χ1) is 11.1. The number of amides is 2. The van der Waals surface area contributed by atoms with E-state index in [9.17, 15) is 9.59 Å². The molecule has 0 spiro atoms. The van der Waals surface area contributed by atoms with Crippen LogP contribution < -0.4 is 15.4 Å². The van der Waals surface area contributed by atoms with Crippen LogP contribution in [-0.4, -0.2) is 25.2 Å². The predicted octanol–water partition coefficient (Wildman–Crippen LogP) is 1.78. The first-order valence-corrected chi connectivity index (χ1v) is 7.12. The Morgan fingerprint density at radius 1 is 1.35 bits per heavy atom. The van der Waals surface area contributed by atoms with Gasteiger partial charge >= 0.3 is 12.0 Å². The Bertz CT molecular complexity index is 674. The van der Waals surface area contributed by atoms with E-state index in [4.69, 9.17) is 14.7 Å². The summed E-state index contributed by atoms with van der Waals surface area (Å²) in [6, 6.07) is 7.72. The molecule has 120 valence electrons. The molecule has 0 radical (unpaired) electrons. The summed E-state index contributed by atoms with van der Waals surface area (Å²) in [7, 11) is 0. The third-order valence-corrected chi connectivity index (χ3v) is 3.28. The maximum atomic E-state index is 12.2. The van der Waals surface area contributed by atoms with Gasteiger partial charge in [0.2, 0.25) is 0 Å². The van der Waals surface area contributed by atoms with Crippen molar-refractivity contribution in [2.75, 3.05) is 13.2 Å². The molecule has 2 N–H and O–H groups in total. The zero-order chi connectivity index (χ0) is 16.8. The number of rotatable bonds is 5. The van der Waals surface area contributed by atoms with Crippen LogP contribution in [0.2, 0.25) is 0 Å². The molecular weight excluding hydrogens is 298 g/mol. The summed E-state index contributed by atoms with van der Waals surface area (Å²) in [5.41, 5.74) is 1.53. The Hall–Kier alpha value is -3.01. The van der Waals surface area contributed by atoms with E-state index in [1.165, 1.54) is 0 Å². The predicted molar refractivity (Wildman–Crippen MR) is 81.3 cm³/mol. The Balaban J connectivity index is 2.30. The minimum atomic E-state index is -0.604. The number of nitrogens with zero attached hydrogens (tertiary/aromatic N) is 1. The summed E-state index contributed by atoms with van der Waals surface area (Å²) < 4.78 is 10.3. The van der Waals surface area contributed by atoms with Gasteiger partial charge in [0.05, 0.1) is 18.2 Å². The number of nitriles is 1. The molecule has 1 aliphatic rings. The van der Waals surface area contributed by atoms with E-state index in [1.807, 2.05) is 6.07 Å². The van der Waals surface area contributed by atoms with Gasteiger partial charge in [-0.2, -0.15) is 5.26 Å². The highest BCUT2D eigenvalue weighted by atomic mass is 16.5. The van der Waals surface area contributed by atoms with Crippen LogP contribution >= 0.6 is 0 Å². The summed E-state index contributed by atoms with van der Waals surface area (Å²) in [5, 5.41) is 13.8. The number of nitrogens with one attached hydrogen (secondary N) is 2. The molecule has 1 atom stereocenters. The molecule has 1 unspecified atom stereocenters. The van der Waals surface area contributed by atoms with Crippen LogP contribution in [0, 0.1) is 11.3 Å². The first kappa shape index (κ1) is 16.4. The van der Waals surface area contributed by atoms with Crippen LogP contribution in [0.15, 0.2) is 35.5 Å². The highest BCUT2D eigenvalue weighted by Crippen LogP contribution is 2.28. The van der Waals surface area contributed by atoms with Crippen LogP contribution in [0.5, 0.6) is 5.75 Å². The summed E-state index contributed by atoms with van der Waals surface area (Å²) in [6.45, 7) is 3.58. The molecule has 0 bridgehead atoms. The van der Waals surface area contributed by atoms with Crippen molar-refractivity contribution in [1.82, 2.24) is 10.6 Å². The van der Waals surface area contributed by atoms with Crippen molar-refractivity contribution in [3.63, 3.8) is 0 Å². The number of ether oxygens (including phenoxy) is 2. The number of esters is 1. The van der Waals surface area contributed by atoms with Crippen molar-refractivity contribution in [1.29, 1.82) is 5.26 Å². The van der Waals surface area contributed by atoms with Gasteiger partial charge < -0.3 is 20.1 Å². The molecule has 7 heteroatoms. The monoisotopic (exact) mass is 315 g/mol. The maximum absolute atomic E-state index is 12.2. The Morgan fingerprint density at radius 2 is 2.04 bits per heavy atom. The average molecular weight is 315 g/mol. The van der Waals surface area contributed by atoms with Crippen LogP contribution in [0.25, 0.3) is 0 Å². The topological polar surface area (TPSA) is 100 Å². The second-order valence-electron chi connectivity index (χ2n) is 4.81. The van der Waals surface area contributed by atoms with Gasteiger partial charge in [0.25, 0.3) is 0 Å². The summed E-state index contributed by atoms with van der Waals surface area (Å²) in [5.74, 6) is 0.0567. The second-order valence-corrected chi connectivity index (χ2v) is 4.81. The average Bonchev–Trinajstić information content (AvgIpc) is 2.52. The number of benzene rings is 1.